The predicted molar refractivity (Wildman–Crippen MR) is 76.7 cm³/mol. The molecule has 0 aliphatic heterocycles. The Morgan fingerprint density at radius 3 is 2.50 bits per heavy atom. The minimum Gasteiger partial charge on any atom is -0.497 e. The smallest absolute Gasteiger partial charge is 0.119 e. The van der Waals surface area contributed by atoms with Crippen LogP contribution in [-0.4, -0.2) is 7.11 Å². The SMILES string of the molecule is COc1cccc(CC(Cl)c2ccc(Cl)cc2)c1. The van der Waals surface area contributed by atoms with Crippen molar-refractivity contribution in [2.75, 3.05) is 7.11 Å². The van der Waals surface area contributed by atoms with Crippen molar-refractivity contribution in [3.63, 3.8) is 0 Å². The van der Waals surface area contributed by atoms with Crippen molar-refractivity contribution in [1.82, 2.24) is 0 Å². The highest BCUT2D eigenvalue weighted by Gasteiger charge is 2.09. The van der Waals surface area contributed by atoms with Gasteiger partial charge in [-0.05, 0) is 41.8 Å². The molecule has 2 aromatic rings. The normalized spacial score (nSPS) is 12.2. The molecule has 0 spiro atoms. The van der Waals surface area contributed by atoms with E-state index in [4.69, 9.17) is 27.9 Å². The van der Waals surface area contributed by atoms with Crippen LogP contribution in [0.1, 0.15) is 16.5 Å². The standard InChI is InChI=1S/C15H14Cl2O/c1-18-14-4-2-3-11(9-14)10-15(17)12-5-7-13(16)8-6-12/h2-9,15H,10H2,1H3. The van der Waals surface area contributed by atoms with Gasteiger partial charge in [-0.2, -0.15) is 0 Å². The van der Waals surface area contributed by atoms with Crippen LogP contribution in [0.4, 0.5) is 0 Å². The van der Waals surface area contributed by atoms with E-state index in [-0.39, 0.29) is 5.38 Å². The van der Waals surface area contributed by atoms with Crippen molar-refractivity contribution in [3.8, 4) is 5.75 Å². The molecule has 1 atom stereocenters. The number of hydrogen-bond donors (Lipinski definition) is 0. The molecule has 0 aliphatic carbocycles. The lowest BCUT2D eigenvalue weighted by atomic mass is 10.0. The minimum atomic E-state index is -0.0608. The summed E-state index contributed by atoms with van der Waals surface area (Å²) in [5, 5.41) is 0.665. The first kappa shape index (κ1) is 13.3. The first-order valence-electron chi connectivity index (χ1n) is 5.71. The number of halogens is 2. The lowest BCUT2D eigenvalue weighted by Crippen LogP contribution is -1.96. The zero-order valence-electron chi connectivity index (χ0n) is 10.1. The molecule has 0 N–H and O–H groups in total. The van der Waals surface area contributed by atoms with Gasteiger partial charge in [0.05, 0.1) is 12.5 Å². The van der Waals surface area contributed by atoms with Crippen LogP contribution in [0.2, 0.25) is 5.02 Å². The molecule has 0 aromatic heterocycles. The molecule has 0 aliphatic rings. The summed E-state index contributed by atoms with van der Waals surface area (Å²) in [4.78, 5) is 0. The van der Waals surface area contributed by atoms with E-state index in [2.05, 4.69) is 0 Å². The number of methoxy groups -OCH3 is 1. The van der Waals surface area contributed by atoms with Gasteiger partial charge >= 0.3 is 0 Å². The molecule has 0 saturated heterocycles. The van der Waals surface area contributed by atoms with Crippen LogP contribution in [0.5, 0.6) is 5.75 Å². The van der Waals surface area contributed by atoms with Gasteiger partial charge in [-0.1, -0.05) is 35.9 Å². The summed E-state index contributed by atoms with van der Waals surface area (Å²) in [6.45, 7) is 0. The molecule has 0 heterocycles. The topological polar surface area (TPSA) is 9.23 Å². The van der Waals surface area contributed by atoms with E-state index < -0.39 is 0 Å². The van der Waals surface area contributed by atoms with E-state index in [9.17, 15) is 0 Å². The van der Waals surface area contributed by atoms with Gasteiger partial charge < -0.3 is 4.74 Å². The lowest BCUT2D eigenvalue weighted by molar-refractivity contribution is 0.414. The third-order valence-electron chi connectivity index (χ3n) is 2.78. The second kappa shape index (κ2) is 6.12. The number of rotatable bonds is 4. The van der Waals surface area contributed by atoms with Crippen molar-refractivity contribution in [2.24, 2.45) is 0 Å². The molecule has 2 rings (SSSR count). The first-order chi connectivity index (χ1) is 8.69. The monoisotopic (exact) mass is 280 g/mol. The molecule has 2 aromatic carbocycles. The summed E-state index contributed by atoms with van der Waals surface area (Å²) < 4.78 is 5.20. The molecule has 0 fully saturated rings. The van der Waals surface area contributed by atoms with Gasteiger partial charge in [0.25, 0.3) is 0 Å². The van der Waals surface area contributed by atoms with E-state index in [0.29, 0.717) is 0 Å². The molecule has 0 bridgehead atoms. The fourth-order valence-corrected chi connectivity index (χ4v) is 2.25. The summed E-state index contributed by atoms with van der Waals surface area (Å²) >= 11 is 12.3. The summed E-state index contributed by atoms with van der Waals surface area (Å²) in [7, 11) is 1.66. The molecule has 0 radical (unpaired) electrons. The van der Waals surface area contributed by atoms with Crippen LogP contribution in [0.15, 0.2) is 48.5 Å². The highest BCUT2D eigenvalue weighted by atomic mass is 35.5. The Hall–Kier alpha value is -1.18. The van der Waals surface area contributed by atoms with Crippen molar-refractivity contribution < 1.29 is 4.74 Å². The highest BCUT2D eigenvalue weighted by molar-refractivity contribution is 6.30. The van der Waals surface area contributed by atoms with E-state index in [1.165, 1.54) is 0 Å². The summed E-state index contributed by atoms with van der Waals surface area (Å²) in [5.41, 5.74) is 2.23. The molecular formula is C15H14Cl2O. The van der Waals surface area contributed by atoms with E-state index >= 15 is 0 Å². The molecule has 94 valence electrons. The van der Waals surface area contributed by atoms with Gasteiger partial charge in [0.15, 0.2) is 0 Å². The number of ether oxygens (including phenoxy) is 1. The minimum absolute atomic E-state index is 0.0608. The summed E-state index contributed by atoms with van der Waals surface area (Å²) in [6, 6.07) is 15.6. The van der Waals surface area contributed by atoms with Crippen LogP contribution in [0, 0.1) is 0 Å². The molecule has 1 unspecified atom stereocenters. The van der Waals surface area contributed by atoms with Crippen LogP contribution in [0.25, 0.3) is 0 Å². The van der Waals surface area contributed by atoms with Gasteiger partial charge in [0.2, 0.25) is 0 Å². The van der Waals surface area contributed by atoms with Crippen LogP contribution < -0.4 is 4.74 Å². The third kappa shape index (κ3) is 3.41. The van der Waals surface area contributed by atoms with Crippen LogP contribution in [0.3, 0.4) is 0 Å². The first-order valence-corrected chi connectivity index (χ1v) is 6.53. The van der Waals surface area contributed by atoms with E-state index in [1.807, 2.05) is 48.5 Å². The second-order valence-corrected chi connectivity index (χ2v) is 5.04. The fraction of sp³-hybridized carbons (Fsp3) is 0.200. The number of benzene rings is 2. The Bertz CT molecular complexity index is 508. The Labute approximate surface area is 117 Å². The average molecular weight is 281 g/mol. The van der Waals surface area contributed by atoms with Crippen molar-refractivity contribution in [1.29, 1.82) is 0 Å². The maximum absolute atomic E-state index is 6.40. The molecule has 0 saturated carbocycles. The van der Waals surface area contributed by atoms with Gasteiger partial charge in [-0.25, -0.2) is 0 Å². The largest absolute Gasteiger partial charge is 0.497 e. The van der Waals surface area contributed by atoms with E-state index in [0.717, 1.165) is 28.3 Å². The predicted octanol–water partition coefficient (Wildman–Crippen LogP) is 4.87. The quantitative estimate of drug-likeness (QED) is 0.726. The fourth-order valence-electron chi connectivity index (χ4n) is 1.80. The molecule has 0 amide bonds. The maximum atomic E-state index is 6.40. The van der Waals surface area contributed by atoms with Crippen LogP contribution >= 0.6 is 23.2 Å². The lowest BCUT2D eigenvalue weighted by Gasteiger charge is -2.11. The molecule has 1 nitrogen and oxygen atoms in total. The Morgan fingerprint density at radius 1 is 1.11 bits per heavy atom. The van der Waals surface area contributed by atoms with Gasteiger partial charge in [-0.15, -0.1) is 11.6 Å². The average Bonchev–Trinajstić information content (AvgIpc) is 2.39. The Morgan fingerprint density at radius 2 is 1.83 bits per heavy atom. The van der Waals surface area contributed by atoms with Crippen molar-refractivity contribution in [2.45, 2.75) is 11.8 Å². The zero-order chi connectivity index (χ0) is 13.0. The van der Waals surface area contributed by atoms with Crippen LogP contribution in [-0.2, 0) is 6.42 Å². The zero-order valence-corrected chi connectivity index (χ0v) is 11.6. The molecule has 18 heavy (non-hydrogen) atoms. The summed E-state index contributed by atoms with van der Waals surface area (Å²) in [5.74, 6) is 0.854. The van der Waals surface area contributed by atoms with Crippen molar-refractivity contribution >= 4 is 23.2 Å². The second-order valence-electron chi connectivity index (χ2n) is 4.07. The van der Waals surface area contributed by atoms with E-state index in [1.54, 1.807) is 7.11 Å². The molecular weight excluding hydrogens is 267 g/mol. The third-order valence-corrected chi connectivity index (χ3v) is 3.44. The van der Waals surface area contributed by atoms with Crippen molar-refractivity contribution in [3.05, 3.63) is 64.7 Å². The Kier molecular flexibility index (Phi) is 4.51. The molecule has 3 heteroatoms. The van der Waals surface area contributed by atoms with Gasteiger partial charge in [0.1, 0.15) is 5.75 Å². The maximum Gasteiger partial charge on any atom is 0.119 e. The highest BCUT2D eigenvalue weighted by Crippen LogP contribution is 2.27. The number of hydrogen-bond acceptors (Lipinski definition) is 1. The summed E-state index contributed by atoms with van der Waals surface area (Å²) in [6.07, 6.45) is 0.764. The number of alkyl halides is 1. The van der Waals surface area contributed by atoms with Gasteiger partial charge in [-0.3, -0.25) is 0 Å². The Balaban J connectivity index is 2.10. The van der Waals surface area contributed by atoms with Gasteiger partial charge in [0, 0.05) is 5.02 Å².